The first-order chi connectivity index (χ1) is 28.9. The standard InChI is InChI=1S/2C13H14.C12H12.2C11H10/c1-9-7-8-12-6-4-5-10(2)13(12)11(9)3;1-9-8-12-6-4-5-7-13(12)11(3)10(9)2;1-9-7-8-11-5-3-4-6-12(11)10(9)2;1-9-5-4-7-10-6-2-3-8-11(9)10;1-9-6-7-10-4-2-3-5-11(10)8-9/h2*4-8H,1-3H3;3-8H,1-2H3;2*2-8H,1H3. The van der Waals surface area contributed by atoms with Gasteiger partial charge in [0, 0.05) is 0 Å². The lowest BCUT2D eigenvalue weighted by Crippen LogP contribution is -1.87. The van der Waals surface area contributed by atoms with E-state index in [1.54, 1.807) is 0 Å². The third kappa shape index (κ3) is 10.4. The molecule has 60 heavy (non-hydrogen) atoms. The monoisotopic (exact) mass is 780 g/mol. The van der Waals surface area contributed by atoms with E-state index in [1.807, 2.05) is 0 Å². The fourth-order valence-electron chi connectivity index (χ4n) is 7.91. The molecule has 0 heterocycles. The zero-order valence-corrected chi connectivity index (χ0v) is 37.3. The minimum absolute atomic E-state index is 1.32. The largest absolute Gasteiger partial charge is 0.0616 e. The summed E-state index contributed by atoms with van der Waals surface area (Å²) >= 11 is 0. The first-order valence-corrected chi connectivity index (χ1v) is 21.2. The van der Waals surface area contributed by atoms with Crippen LogP contribution in [0, 0.1) is 69.2 Å². The summed E-state index contributed by atoms with van der Waals surface area (Å²) in [7, 11) is 0. The molecule has 0 fully saturated rings. The average Bonchev–Trinajstić information content (AvgIpc) is 3.27. The summed E-state index contributed by atoms with van der Waals surface area (Å²) in [6.07, 6.45) is 0. The second-order valence-electron chi connectivity index (χ2n) is 16.2. The Labute approximate surface area is 359 Å². The van der Waals surface area contributed by atoms with E-state index in [4.69, 9.17) is 0 Å². The molecular formula is C60H60. The highest BCUT2D eigenvalue weighted by atomic mass is 14.1. The molecule has 0 heteroatoms. The third-order valence-electron chi connectivity index (χ3n) is 12.1. The minimum Gasteiger partial charge on any atom is -0.0616 e. The second kappa shape index (κ2) is 20.0. The highest BCUT2D eigenvalue weighted by molar-refractivity contribution is 5.90. The van der Waals surface area contributed by atoms with E-state index in [1.165, 1.54) is 109 Å². The van der Waals surface area contributed by atoms with Gasteiger partial charge < -0.3 is 0 Å². The van der Waals surface area contributed by atoms with Crippen molar-refractivity contribution < 1.29 is 0 Å². The summed E-state index contributed by atoms with van der Waals surface area (Å²) in [6.45, 7) is 21.7. The molecule has 300 valence electrons. The van der Waals surface area contributed by atoms with Crippen LogP contribution in [0.5, 0.6) is 0 Å². The van der Waals surface area contributed by atoms with Crippen LogP contribution in [0.2, 0.25) is 0 Å². The SMILES string of the molecule is Cc1cc2ccccc2c(C)c1C.Cc1ccc2cccc(C)c2c1C.Cc1ccc2ccccc2c1.Cc1ccc2ccccc2c1C.Cc1cccc2ccccc12. The average molecular weight is 781 g/mol. The number of aryl methyl sites for hydroxylation is 9. The van der Waals surface area contributed by atoms with Crippen molar-refractivity contribution in [3.05, 3.63) is 238 Å². The fraction of sp³-hybridized carbons (Fsp3) is 0.167. The first kappa shape index (κ1) is 43.1. The predicted octanol–water partition coefficient (Wildman–Crippen LogP) is 17.3. The molecule has 0 saturated carbocycles. The van der Waals surface area contributed by atoms with Crippen molar-refractivity contribution in [2.24, 2.45) is 0 Å². The number of benzene rings is 10. The molecule has 10 aromatic carbocycles. The fourth-order valence-corrected chi connectivity index (χ4v) is 7.91. The normalized spacial score (nSPS) is 10.5. The number of hydrogen-bond donors (Lipinski definition) is 0. The number of hydrogen-bond acceptors (Lipinski definition) is 0. The van der Waals surface area contributed by atoms with Gasteiger partial charge in [0.1, 0.15) is 0 Å². The van der Waals surface area contributed by atoms with Gasteiger partial charge in [0.15, 0.2) is 0 Å². The lowest BCUT2D eigenvalue weighted by Gasteiger charge is -2.08. The van der Waals surface area contributed by atoms with Crippen molar-refractivity contribution in [1.29, 1.82) is 0 Å². The number of rotatable bonds is 0. The molecule has 10 aromatic rings. The second-order valence-corrected chi connectivity index (χ2v) is 16.2. The van der Waals surface area contributed by atoms with Crippen molar-refractivity contribution >= 4 is 53.9 Å². The van der Waals surface area contributed by atoms with E-state index in [2.05, 4.69) is 251 Å². The number of fused-ring (bicyclic) bond motifs is 5. The molecule has 0 aliphatic heterocycles. The van der Waals surface area contributed by atoms with Gasteiger partial charge in [-0.2, -0.15) is 0 Å². The molecule has 0 bridgehead atoms. The molecule has 0 aromatic heterocycles. The van der Waals surface area contributed by atoms with Crippen molar-refractivity contribution in [3.8, 4) is 0 Å². The summed E-state index contributed by atoms with van der Waals surface area (Å²) in [5.41, 5.74) is 13.8. The Kier molecular flexibility index (Phi) is 14.3. The zero-order chi connectivity index (χ0) is 42.8. The molecule has 0 unspecified atom stereocenters. The Bertz CT molecular complexity index is 3020. The van der Waals surface area contributed by atoms with Gasteiger partial charge in [-0.15, -0.1) is 0 Å². The lowest BCUT2D eigenvalue weighted by molar-refractivity contribution is 1.30. The van der Waals surface area contributed by atoms with Gasteiger partial charge in [-0.1, -0.05) is 188 Å². The van der Waals surface area contributed by atoms with Crippen LogP contribution in [0.4, 0.5) is 0 Å². The van der Waals surface area contributed by atoms with Crippen LogP contribution in [-0.4, -0.2) is 0 Å². The van der Waals surface area contributed by atoms with Crippen molar-refractivity contribution in [2.45, 2.75) is 69.2 Å². The van der Waals surface area contributed by atoms with Gasteiger partial charge in [-0.25, -0.2) is 0 Å². The highest BCUT2D eigenvalue weighted by Gasteiger charge is 2.03. The van der Waals surface area contributed by atoms with Crippen LogP contribution in [0.1, 0.15) is 55.6 Å². The van der Waals surface area contributed by atoms with Gasteiger partial charge in [-0.3, -0.25) is 0 Å². The maximum atomic E-state index is 2.26. The van der Waals surface area contributed by atoms with Gasteiger partial charge in [0.2, 0.25) is 0 Å². The van der Waals surface area contributed by atoms with Crippen LogP contribution >= 0.6 is 0 Å². The Morgan fingerprint density at radius 1 is 0.217 bits per heavy atom. The van der Waals surface area contributed by atoms with Crippen LogP contribution < -0.4 is 0 Å². The quantitative estimate of drug-likeness (QED) is 0.144. The van der Waals surface area contributed by atoms with Crippen LogP contribution in [0.25, 0.3) is 53.9 Å². The Balaban J connectivity index is 0.000000126. The lowest BCUT2D eigenvalue weighted by atomic mass is 9.97. The van der Waals surface area contributed by atoms with E-state index in [-0.39, 0.29) is 0 Å². The molecule has 0 N–H and O–H groups in total. The van der Waals surface area contributed by atoms with E-state index in [9.17, 15) is 0 Å². The molecule has 0 saturated heterocycles. The molecule has 0 amide bonds. The van der Waals surface area contributed by atoms with Crippen LogP contribution in [0.3, 0.4) is 0 Å². The summed E-state index contributed by atoms with van der Waals surface area (Å²) in [6, 6.07) is 64.3. The topological polar surface area (TPSA) is 0 Å². The molecule has 10 rings (SSSR count). The van der Waals surface area contributed by atoms with E-state index >= 15 is 0 Å². The van der Waals surface area contributed by atoms with Crippen molar-refractivity contribution in [3.63, 3.8) is 0 Å². The molecule has 0 atom stereocenters. The molecule has 0 radical (unpaired) electrons. The summed E-state index contributed by atoms with van der Waals surface area (Å²) in [4.78, 5) is 0. The van der Waals surface area contributed by atoms with Gasteiger partial charge >= 0.3 is 0 Å². The van der Waals surface area contributed by atoms with E-state index < -0.39 is 0 Å². The minimum atomic E-state index is 1.32. The maximum Gasteiger partial charge on any atom is -0.0123 e. The summed E-state index contributed by atoms with van der Waals surface area (Å²) < 4.78 is 0. The zero-order valence-electron chi connectivity index (χ0n) is 37.3. The smallest absolute Gasteiger partial charge is 0.0123 e. The molecular weight excluding hydrogens is 721 g/mol. The predicted molar refractivity (Wildman–Crippen MR) is 267 cm³/mol. The van der Waals surface area contributed by atoms with Crippen LogP contribution in [-0.2, 0) is 0 Å². The summed E-state index contributed by atoms with van der Waals surface area (Å²) in [5, 5.41) is 13.5. The van der Waals surface area contributed by atoms with E-state index in [0.29, 0.717) is 0 Å². The molecule has 0 aliphatic carbocycles. The van der Waals surface area contributed by atoms with Gasteiger partial charge in [0.05, 0.1) is 0 Å². The Morgan fingerprint density at radius 3 is 1.32 bits per heavy atom. The van der Waals surface area contributed by atoms with Crippen molar-refractivity contribution in [1.82, 2.24) is 0 Å². The third-order valence-corrected chi connectivity index (χ3v) is 12.1. The van der Waals surface area contributed by atoms with E-state index in [0.717, 1.165) is 0 Å². The maximum absolute atomic E-state index is 2.26. The molecule has 0 spiro atoms. The van der Waals surface area contributed by atoms with Crippen LogP contribution in [0.15, 0.2) is 182 Å². The molecule has 0 aliphatic rings. The Hall–Kier alpha value is -6.50. The first-order valence-electron chi connectivity index (χ1n) is 21.2. The summed E-state index contributed by atoms with van der Waals surface area (Å²) in [5.74, 6) is 0. The Morgan fingerprint density at radius 2 is 0.667 bits per heavy atom. The molecule has 0 nitrogen and oxygen atoms in total. The van der Waals surface area contributed by atoms with Gasteiger partial charge in [0.25, 0.3) is 0 Å². The van der Waals surface area contributed by atoms with Gasteiger partial charge in [-0.05, 0) is 173 Å². The highest BCUT2D eigenvalue weighted by Crippen LogP contribution is 2.26. The van der Waals surface area contributed by atoms with Crippen molar-refractivity contribution in [2.75, 3.05) is 0 Å².